The summed E-state index contributed by atoms with van der Waals surface area (Å²) in [7, 11) is 3.23. The van der Waals surface area contributed by atoms with Crippen molar-refractivity contribution in [3.05, 3.63) is 65.7 Å². The minimum Gasteiger partial charge on any atom is -0.508 e. The molecule has 10 nitrogen and oxygen atoms in total. The second-order valence-corrected chi connectivity index (χ2v) is 11.7. The lowest BCUT2D eigenvalue weighted by molar-refractivity contribution is -0.182. The van der Waals surface area contributed by atoms with Crippen molar-refractivity contribution in [2.75, 3.05) is 26.1 Å². The minimum absolute atomic E-state index is 0.0210. The number of phenols is 1. The van der Waals surface area contributed by atoms with Gasteiger partial charge in [0.2, 0.25) is 5.72 Å². The first kappa shape index (κ1) is 26.0. The Bertz CT molecular complexity index is 1490. The highest BCUT2D eigenvalue weighted by molar-refractivity contribution is 5.92. The van der Waals surface area contributed by atoms with E-state index in [9.17, 15) is 19.5 Å². The van der Waals surface area contributed by atoms with Crippen LogP contribution < -0.4 is 5.32 Å². The Morgan fingerprint density at radius 3 is 2.66 bits per heavy atom. The second kappa shape index (κ2) is 8.56. The summed E-state index contributed by atoms with van der Waals surface area (Å²) in [4.78, 5) is 43.1. The van der Waals surface area contributed by atoms with E-state index < -0.39 is 46.1 Å². The smallest absolute Gasteiger partial charge is 0.330 e. The van der Waals surface area contributed by atoms with Gasteiger partial charge in [-0.3, -0.25) is 14.5 Å². The molecule has 0 amide bonds. The van der Waals surface area contributed by atoms with E-state index in [2.05, 4.69) is 10.2 Å². The molecule has 5 heterocycles. The zero-order valence-electron chi connectivity index (χ0n) is 23.1. The first-order valence-electron chi connectivity index (χ1n) is 13.9. The van der Waals surface area contributed by atoms with Gasteiger partial charge in [0.15, 0.2) is 5.72 Å². The number of methoxy groups -OCH3 is 1. The van der Waals surface area contributed by atoms with Crippen molar-refractivity contribution in [3.63, 3.8) is 0 Å². The molecule has 7 atom stereocenters. The molecule has 214 valence electrons. The molecule has 2 bridgehead atoms. The fourth-order valence-electron chi connectivity index (χ4n) is 8.75. The summed E-state index contributed by atoms with van der Waals surface area (Å²) in [6.07, 6.45) is 3.69. The number of likely N-dealkylation sites (N-methyl/N-ethyl adjacent to an activating group) is 1. The van der Waals surface area contributed by atoms with Crippen molar-refractivity contribution in [2.45, 2.75) is 55.2 Å². The summed E-state index contributed by atoms with van der Waals surface area (Å²) in [6, 6.07) is 13.8. The molecule has 7 unspecified atom stereocenters. The number of fused-ring (bicyclic) bond motifs is 2. The predicted octanol–water partition coefficient (Wildman–Crippen LogP) is 2.95. The van der Waals surface area contributed by atoms with E-state index in [-0.39, 0.29) is 30.9 Å². The van der Waals surface area contributed by atoms with Crippen LogP contribution in [-0.2, 0) is 38.7 Å². The Morgan fingerprint density at radius 2 is 1.95 bits per heavy atom. The molecule has 10 heteroatoms. The largest absolute Gasteiger partial charge is 0.508 e. The van der Waals surface area contributed by atoms with Crippen LogP contribution in [0.15, 0.2) is 54.6 Å². The van der Waals surface area contributed by atoms with Crippen molar-refractivity contribution >= 4 is 29.7 Å². The number of epoxide rings is 1. The van der Waals surface area contributed by atoms with E-state index in [4.69, 9.17) is 18.9 Å². The van der Waals surface area contributed by atoms with Gasteiger partial charge in [-0.15, -0.1) is 0 Å². The molecule has 5 aliphatic heterocycles. The van der Waals surface area contributed by atoms with Gasteiger partial charge in [0.25, 0.3) is 0 Å². The Labute approximate surface area is 237 Å². The second-order valence-electron chi connectivity index (χ2n) is 11.7. The Kier molecular flexibility index (Phi) is 5.44. The number of phenolic OH excluding ortho intramolecular Hbond substituents is 1. The molecule has 1 saturated carbocycles. The Hall–Kier alpha value is -3.89. The Balaban J connectivity index is 1.44. The van der Waals surface area contributed by atoms with Gasteiger partial charge in [0.05, 0.1) is 25.0 Å². The number of hydrogen-bond donors (Lipinski definition) is 2. The number of aromatic hydroxyl groups is 1. The highest BCUT2D eigenvalue weighted by atomic mass is 16.6. The van der Waals surface area contributed by atoms with Crippen molar-refractivity contribution in [1.82, 2.24) is 4.90 Å². The SMILES string of the molecule is COC(=O)C1(COC(=O)C=Cc2ccccc2)C2CCC(N(C)C23OC3C)C23Nc4ccc(O)cc4C21CC(=O)O3. The molecule has 0 aromatic heterocycles. The fourth-order valence-corrected chi connectivity index (χ4v) is 8.75. The average Bonchev–Trinajstić information content (AvgIpc) is 3.46. The zero-order chi connectivity index (χ0) is 28.8. The van der Waals surface area contributed by atoms with Gasteiger partial charge < -0.3 is 29.4 Å². The summed E-state index contributed by atoms with van der Waals surface area (Å²) in [6.45, 7) is 1.57. The van der Waals surface area contributed by atoms with Crippen LogP contribution in [0.5, 0.6) is 5.75 Å². The first-order chi connectivity index (χ1) is 19.7. The average molecular weight is 561 g/mol. The number of carbonyl (C=O) groups excluding carboxylic acids is 3. The standard InChI is InChI=1S/C31H32N2O8/c1-18-30(40-18)23-12-13-24(33(30)2)31-29(16-26(36)41-31,21-15-20(34)10-11-22(21)32-31)28(23,27(37)38-3)17-39-25(35)14-9-19-7-5-4-6-8-19/h4-11,14-15,18,23-24,32,34H,12-13,16-17H2,1-3H3. The zero-order valence-corrected chi connectivity index (χ0v) is 23.1. The van der Waals surface area contributed by atoms with Crippen molar-refractivity contribution < 1.29 is 38.4 Å². The van der Waals surface area contributed by atoms with Crippen LogP contribution in [0.25, 0.3) is 6.08 Å². The molecule has 4 saturated heterocycles. The summed E-state index contributed by atoms with van der Waals surface area (Å²) in [5, 5.41) is 14.1. The monoisotopic (exact) mass is 560 g/mol. The topological polar surface area (TPSA) is 127 Å². The van der Waals surface area contributed by atoms with Crippen LogP contribution in [0, 0.1) is 11.3 Å². The van der Waals surface area contributed by atoms with Crippen molar-refractivity contribution in [3.8, 4) is 5.75 Å². The molecule has 8 rings (SSSR count). The van der Waals surface area contributed by atoms with Gasteiger partial charge in [0.1, 0.15) is 23.9 Å². The summed E-state index contributed by atoms with van der Waals surface area (Å²) >= 11 is 0. The number of hydrogen-bond acceptors (Lipinski definition) is 10. The maximum atomic E-state index is 14.5. The van der Waals surface area contributed by atoms with Gasteiger partial charge in [-0.25, -0.2) is 4.79 Å². The lowest BCUT2D eigenvalue weighted by Gasteiger charge is -2.50. The van der Waals surface area contributed by atoms with Gasteiger partial charge in [-0.2, -0.15) is 0 Å². The number of carbonyl (C=O) groups is 3. The third-order valence-electron chi connectivity index (χ3n) is 10.3. The van der Waals surface area contributed by atoms with Crippen LogP contribution in [0.3, 0.4) is 0 Å². The molecular weight excluding hydrogens is 528 g/mol. The summed E-state index contributed by atoms with van der Waals surface area (Å²) in [5.74, 6) is -2.31. The van der Waals surface area contributed by atoms with Gasteiger partial charge in [-0.1, -0.05) is 30.3 Å². The summed E-state index contributed by atoms with van der Waals surface area (Å²) < 4.78 is 24.2. The number of benzene rings is 2. The lowest BCUT2D eigenvalue weighted by Crippen LogP contribution is -2.67. The maximum absolute atomic E-state index is 14.5. The first-order valence-corrected chi connectivity index (χ1v) is 13.9. The molecule has 1 spiro atoms. The number of nitrogens with one attached hydrogen (secondary N) is 1. The minimum atomic E-state index is -1.61. The van der Waals surface area contributed by atoms with E-state index in [0.717, 1.165) is 5.56 Å². The predicted molar refractivity (Wildman–Crippen MR) is 145 cm³/mol. The van der Waals surface area contributed by atoms with E-state index in [0.29, 0.717) is 24.1 Å². The molecule has 2 N–H and O–H groups in total. The quantitative estimate of drug-likeness (QED) is 0.185. The van der Waals surface area contributed by atoms with Crippen molar-refractivity contribution in [1.29, 1.82) is 0 Å². The number of rotatable bonds is 5. The molecule has 5 fully saturated rings. The Morgan fingerprint density at radius 1 is 1.20 bits per heavy atom. The fraction of sp³-hybridized carbons (Fsp3) is 0.452. The number of esters is 3. The number of ether oxygens (including phenoxy) is 4. The van der Waals surface area contributed by atoms with Crippen LogP contribution in [-0.4, -0.2) is 72.3 Å². The lowest BCUT2D eigenvalue weighted by atomic mass is 9.50. The van der Waals surface area contributed by atoms with Gasteiger partial charge >= 0.3 is 17.9 Å². The number of piperidine rings is 1. The molecule has 2 aromatic carbocycles. The van der Waals surface area contributed by atoms with E-state index in [1.165, 1.54) is 13.2 Å². The third-order valence-corrected chi connectivity index (χ3v) is 10.3. The number of nitrogens with zero attached hydrogens (tertiary/aromatic N) is 1. The van der Waals surface area contributed by atoms with E-state index in [1.807, 2.05) is 44.3 Å². The normalized spacial score (nSPS) is 38.0. The molecule has 0 radical (unpaired) electrons. The van der Waals surface area contributed by atoms with Crippen LogP contribution in [0.4, 0.5) is 5.69 Å². The highest BCUT2D eigenvalue weighted by Crippen LogP contribution is 2.75. The maximum Gasteiger partial charge on any atom is 0.330 e. The molecule has 2 aromatic rings. The molecular formula is C31H32N2O8. The van der Waals surface area contributed by atoms with Crippen molar-refractivity contribution in [2.24, 2.45) is 11.3 Å². The molecule has 6 aliphatic rings. The van der Waals surface area contributed by atoms with Crippen LogP contribution >= 0.6 is 0 Å². The number of anilines is 1. The van der Waals surface area contributed by atoms with Crippen LogP contribution in [0.2, 0.25) is 0 Å². The van der Waals surface area contributed by atoms with Gasteiger partial charge in [0, 0.05) is 17.7 Å². The highest BCUT2D eigenvalue weighted by Gasteiger charge is 2.89. The molecule has 1 aliphatic carbocycles. The molecule has 41 heavy (non-hydrogen) atoms. The van der Waals surface area contributed by atoms with E-state index >= 15 is 0 Å². The van der Waals surface area contributed by atoms with Gasteiger partial charge in [-0.05, 0) is 62.2 Å². The third kappa shape index (κ3) is 3.06. The summed E-state index contributed by atoms with van der Waals surface area (Å²) in [5.41, 5.74) is -3.25. The van der Waals surface area contributed by atoms with Crippen LogP contribution in [0.1, 0.15) is 37.3 Å². The van der Waals surface area contributed by atoms with E-state index in [1.54, 1.807) is 24.3 Å².